The zero-order chi connectivity index (χ0) is 24.7. The van der Waals surface area contributed by atoms with E-state index in [0.29, 0.717) is 17.9 Å². The minimum Gasteiger partial charge on any atom is -0.497 e. The normalized spacial score (nSPS) is 12.0. The van der Waals surface area contributed by atoms with Crippen LogP contribution in [0.5, 0.6) is 11.5 Å². The topological polar surface area (TPSA) is 84.9 Å². The number of ether oxygens (including phenoxy) is 2. The van der Waals surface area contributed by atoms with Crippen LogP contribution >= 0.6 is 0 Å². The van der Waals surface area contributed by atoms with Gasteiger partial charge in [-0.3, -0.25) is 9.10 Å². The predicted octanol–water partition coefficient (Wildman–Crippen LogP) is 4.48. The standard InChI is InChI=1S/C26H30N2O5S/c1-5-23(20-12-14-21(32-3)15-13-20)27-26(29)18-28(24-17-19(2)11-16-25(24)33-4)34(30,31)22-9-7-6-8-10-22/h6-17,23H,5,18H2,1-4H3,(H,27,29)/t23-/m0/s1. The summed E-state index contributed by atoms with van der Waals surface area (Å²) in [6, 6.07) is 20.4. The SMILES string of the molecule is CC[C@H](NC(=O)CN(c1cc(C)ccc1OC)S(=O)(=O)c1ccccc1)c1ccc(OC)cc1. The summed E-state index contributed by atoms with van der Waals surface area (Å²) in [7, 11) is -0.975. The minimum atomic E-state index is -4.04. The molecule has 180 valence electrons. The first kappa shape index (κ1) is 25.1. The van der Waals surface area contributed by atoms with Crippen molar-refractivity contribution in [1.29, 1.82) is 0 Å². The van der Waals surface area contributed by atoms with Crippen LogP contribution in [0.4, 0.5) is 5.69 Å². The highest BCUT2D eigenvalue weighted by atomic mass is 32.2. The molecule has 34 heavy (non-hydrogen) atoms. The van der Waals surface area contributed by atoms with Crippen LogP contribution in [-0.2, 0) is 14.8 Å². The van der Waals surface area contributed by atoms with Gasteiger partial charge in [-0.05, 0) is 60.9 Å². The Hall–Kier alpha value is -3.52. The summed E-state index contributed by atoms with van der Waals surface area (Å²) in [6.45, 7) is 3.41. The fraction of sp³-hybridized carbons (Fsp3) is 0.269. The molecule has 1 atom stereocenters. The largest absolute Gasteiger partial charge is 0.497 e. The summed E-state index contributed by atoms with van der Waals surface area (Å²) in [4.78, 5) is 13.3. The maximum atomic E-state index is 13.6. The van der Waals surface area contributed by atoms with Gasteiger partial charge in [-0.1, -0.05) is 43.3 Å². The average Bonchev–Trinajstić information content (AvgIpc) is 2.86. The van der Waals surface area contributed by atoms with Gasteiger partial charge in [0.05, 0.1) is 30.8 Å². The quantitative estimate of drug-likeness (QED) is 0.461. The Kier molecular flexibility index (Phi) is 8.17. The summed E-state index contributed by atoms with van der Waals surface area (Å²) in [5.74, 6) is 0.655. The minimum absolute atomic E-state index is 0.0913. The molecule has 0 radical (unpaired) electrons. The lowest BCUT2D eigenvalue weighted by Crippen LogP contribution is -2.42. The molecule has 0 aliphatic rings. The van der Waals surface area contributed by atoms with Gasteiger partial charge >= 0.3 is 0 Å². The molecule has 1 N–H and O–H groups in total. The van der Waals surface area contributed by atoms with Crippen LogP contribution in [0.3, 0.4) is 0 Å². The van der Waals surface area contributed by atoms with Crippen LogP contribution in [0.15, 0.2) is 77.7 Å². The van der Waals surface area contributed by atoms with Gasteiger partial charge in [0.2, 0.25) is 5.91 Å². The number of nitrogens with zero attached hydrogens (tertiary/aromatic N) is 1. The second-order valence-corrected chi connectivity index (χ2v) is 9.66. The molecule has 0 saturated carbocycles. The van der Waals surface area contributed by atoms with E-state index in [1.54, 1.807) is 37.4 Å². The van der Waals surface area contributed by atoms with E-state index >= 15 is 0 Å². The molecule has 3 rings (SSSR count). The molecule has 0 saturated heterocycles. The van der Waals surface area contributed by atoms with Crippen molar-refractivity contribution in [2.75, 3.05) is 25.1 Å². The van der Waals surface area contributed by atoms with Gasteiger partial charge in [0.15, 0.2) is 0 Å². The maximum absolute atomic E-state index is 13.6. The van der Waals surface area contributed by atoms with E-state index in [2.05, 4.69) is 5.32 Å². The zero-order valence-electron chi connectivity index (χ0n) is 19.8. The molecule has 0 bridgehead atoms. The van der Waals surface area contributed by atoms with E-state index in [-0.39, 0.29) is 10.9 Å². The first-order valence-electron chi connectivity index (χ1n) is 11.0. The van der Waals surface area contributed by atoms with E-state index in [9.17, 15) is 13.2 Å². The maximum Gasteiger partial charge on any atom is 0.264 e. The fourth-order valence-corrected chi connectivity index (χ4v) is 5.09. The number of amides is 1. The molecular formula is C26H30N2O5S. The zero-order valence-corrected chi connectivity index (χ0v) is 20.6. The monoisotopic (exact) mass is 482 g/mol. The van der Waals surface area contributed by atoms with E-state index in [0.717, 1.165) is 21.2 Å². The van der Waals surface area contributed by atoms with Crippen LogP contribution in [0.2, 0.25) is 0 Å². The summed E-state index contributed by atoms with van der Waals surface area (Å²) in [6.07, 6.45) is 0.636. The van der Waals surface area contributed by atoms with Gasteiger partial charge in [-0.25, -0.2) is 8.42 Å². The Morgan fingerprint density at radius 2 is 1.65 bits per heavy atom. The molecular weight excluding hydrogens is 452 g/mol. The summed E-state index contributed by atoms with van der Waals surface area (Å²) in [5.41, 5.74) is 2.05. The lowest BCUT2D eigenvalue weighted by atomic mass is 10.0. The van der Waals surface area contributed by atoms with E-state index in [1.807, 2.05) is 44.2 Å². The predicted molar refractivity (Wildman–Crippen MR) is 133 cm³/mol. The molecule has 0 spiro atoms. The van der Waals surface area contributed by atoms with Crippen molar-refractivity contribution >= 4 is 21.6 Å². The van der Waals surface area contributed by atoms with Crippen molar-refractivity contribution in [3.8, 4) is 11.5 Å². The third-order valence-corrected chi connectivity index (χ3v) is 7.26. The number of sulfonamides is 1. The van der Waals surface area contributed by atoms with Crippen molar-refractivity contribution in [3.05, 3.63) is 83.9 Å². The number of benzene rings is 3. The molecule has 3 aromatic carbocycles. The Balaban J connectivity index is 1.95. The number of carbonyl (C=O) groups excluding carboxylic acids is 1. The Labute approximate surface area is 201 Å². The number of hydrogen-bond acceptors (Lipinski definition) is 5. The van der Waals surface area contributed by atoms with Crippen molar-refractivity contribution in [1.82, 2.24) is 5.32 Å². The van der Waals surface area contributed by atoms with Gasteiger partial charge in [0.25, 0.3) is 10.0 Å². The number of nitrogens with one attached hydrogen (secondary N) is 1. The van der Waals surface area contributed by atoms with E-state index in [4.69, 9.17) is 9.47 Å². The first-order chi connectivity index (χ1) is 16.3. The molecule has 8 heteroatoms. The lowest BCUT2D eigenvalue weighted by molar-refractivity contribution is -0.120. The summed E-state index contributed by atoms with van der Waals surface area (Å²) >= 11 is 0. The van der Waals surface area contributed by atoms with Gasteiger partial charge in [0.1, 0.15) is 18.0 Å². The van der Waals surface area contributed by atoms with E-state index < -0.39 is 22.5 Å². The smallest absolute Gasteiger partial charge is 0.264 e. The Morgan fingerprint density at radius 3 is 2.24 bits per heavy atom. The van der Waals surface area contributed by atoms with Crippen LogP contribution in [0.1, 0.15) is 30.5 Å². The first-order valence-corrected chi connectivity index (χ1v) is 12.4. The molecule has 0 aliphatic carbocycles. The fourth-order valence-electron chi connectivity index (χ4n) is 3.64. The van der Waals surface area contributed by atoms with Gasteiger partial charge in [-0.15, -0.1) is 0 Å². The van der Waals surface area contributed by atoms with Crippen molar-refractivity contribution in [2.45, 2.75) is 31.2 Å². The van der Waals surface area contributed by atoms with Crippen LogP contribution in [-0.4, -0.2) is 35.1 Å². The summed E-state index contributed by atoms with van der Waals surface area (Å²) in [5, 5.41) is 2.97. The lowest BCUT2D eigenvalue weighted by Gasteiger charge is -2.27. The van der Waals surface area contributed by atoms with Gasteiger partial charge in [-0.2, -0.15) is 0 Å². The van der Waals surface area contributed by atoms with Crippen LogP contribution in [0, 0.1) is 6.92 Å². The number of rotatable bonds is 10. The molecule has 0 unspecified atom stereocenters. The third-order valence-electron chi connectivity index (χ3n) is 5.48. The highest BCUT2D eigenvalue weighted by molar-refractivity contribution is 7.92. The number of anilines is 1. The molecule has 0 aromatic heterocycles. The van der Waals surface area contributed by atoms with Gasteiger partial charge in [0, 0.05) is 0 Å². The number of carbonyl (C=O) groups is 1. The van der Waals surface area contributed by atoms with Crippen molar-refractivity contribution in [3.63, 3.8) is 0 Å². The summed E-state index contributed by atoms with van der Waals surface area (Å²) < 4.78 is 39.0. The van der Waals surface area contributed by atoms with Gasteiger partial charge < -0.3 is 14.8 Å². The van der Waals surface area contributed by atoms with Crippen molar-refractivity contribution in [2.24, 2.45) is 0 Å². The highest BCUT2D eigenvalue weighted by Gasteiger charge is 2.30. The molecule has 0 heterocycles. The average molecular weight is 483 g/mol. The molecule has 7 nitrogen and oxygen atoms in total. The molecule has 1 amide bonds. The molecule has 0 aliphatic heterocycles. The highest BCUT2D eigenvalue weighted by Crippen LogP contribution is 2.33. The third kappa shape index (κ3) is 5.69. The number of aryl methyl sites for hydroxylation is 1. The molecule has 0 fully saturated rings. The second kappa shape index (κ2) is 11.1. The second-order valence-electron chi connectivity index (χ2n) is 7.80. The van der Waals surface area contributed by atoms with Crippen LogP contribution in [0.25, 0.3) is 0 Å². The Bertz CT molecular complexity index is 1210. The van der Waals surface area contributed by atoms with E-state index in [1.165, 1.54) is 19.2 Å². The van der Waals surface area contributed by atoms with Crippen molar-refractivity contribution < 1.29 is 22.7 Å². The number of methoxy groups -OCH3 is 2. The number of hydrogen-bond donors (Lipinski definition) is 1. The Morgan fingerprint density at radius 1 is 0.971 bits per heavy atom. The van der Waals surface area contributed by atoms with Crippen LogP contribution < -0.4 is 19.1 Å². The molecule has 3 aromatic rings.